The molecule has 0 aliphatic rings. The van der Waals surface area contributed by atoms with Gasteiger partial charge in [-0.15, -0.1) is 34.5 Å². The molecule has 1 radical (unpaired) electrons. The summed E-state index contributed by atoms with van der Waals surface area (Å²) in [5.74, 6) is 0.691. The van der Waals surface area contributed by atoms with Gasteiger partial charge < -0.3 is 29.1 Å². The fraction of sp³-hybridized carbons (Fsp3) is 0.118. The zero-order valence-corrected chi connectivity index (χ0v) is 16.7. The maximum Gasteiger partial charge on any atom is 3.00 e. The molecule has 1 nitrogen and oxygen atoms in total. The molecular formula is C17H14Cl3OZr. The van der Waals surface area contributed by atoms with Crippen molar-refractivity contribution in [2.75, 3.05) is 0 Å². The van der Waals surface area contributed by atoms with Crippen molar-refractivity contribution in [1.82, 2.24) is 0 Å². The summed E-state index contributed by atoms with van der Waals surface area (Å²) in [6.45, 7) is 2.17. The Bertz CT molecular complexity index is 725. The largest absolute Gasteiger partial charge is 3.00 e. The van der Waals surface area contributed by atoms with E-state index in [1.807, 2.05) is 24.3 Å². The molecule has 0 aromatic heterocycles. The normalized spacial score (nSPS) is 9.36. The van der Waals surface area contributed by atoms with Gasteiger partial charge in [0, 0.05) is 5.56 Å². The fourth-order valence-electron chi connectivity index (χ4n) is 2.49. The number of benzene rings is 2. The van der Waals surface area contributed by atoms with E-state index in [4.69, 9.17) is 16.2 Å². The average molecular weight is 432 g/mol. The monoisotopic (exact) mass is 429 g/mol. The van der Waals surface area contributed by atoms with Crippen molar-refractivity contribution in [3.63, 3.8) is 0 Å². The first-order chi connectivity index (χ1) is 9.33. The van der Waals surface area contributed by atoms with Crippen LogP contribution in [0.4, 0.5) is 0 Å². The first-order valence-corrected chi connectivity index (χ1v) is 6.70. The molecular weight excluding hydrogens is 418 g/mol. The Morgan fingerprint density at radius 3 is 2.36 bits per heavy atom. The summed E-state index contributed by atoms with van der Waals surface area (Å²) in [5.41, 5.74) is 3.54. The Morgan fingerprint density at radius 1 is 1.00 bits per heavy atom. The van der Waals surface area contributed by atoms with Gasteiger partial charge >= 0.3 is 26.2 Å². The number of hydrogen-bond donors (Lipinski definition) is 0. The molecule has 22 heavy (non-hydrogen) atoms. The van der Waals surface area contributed by atoms with Crippen molar-refractivity contribution >= 4 is 22.6 Å². The Labute approximate surface area is 167 Å². The van der Waals surface area contributed by atoms with Gasteiger partial charge in [-0.25, -0.2) is 0 Å². The van der Waals surface area contributed by atoms with E-state index in [2.05, 4.69) is 37.3 Å². The van der Waals surface area contributed by atoms with E-state index < -0.39 is 0 Å². The second kappa shape index (κ2) is 9.68. The maximum atomic E-state index is 5.57. The van der Waals surface area contributed by atoms with E-state index in [9.17, 15) is 0 Å². The molecule has 0 unspecified atom stereocenters. The zero-order valence-electron chi connectivity index (χ0n) is 11.9. The van der Waals surface area contributed by atoms with Crippen LogP contribution < -0.4 is 29.1 Å². The van der Waals surface area contributed by atoms with Crippen LogP contribution in [0.2, 0.25) is 0 Å². The van der Waals surface area contributed by atoms with E-state index in [1.54, 1.807) is 0 Å². The minimum atomic E-state index is 0. The fourth-order valence-corrected chi connectivity index (χ4v) is 2.63. The predicted octanol–water partition coefficient (Wildman–Crippen LogP) is -0.674. The third kappa shape index (κ3) is 4.12. The number of para-hydroxylation sites is 1. The van der Waals surface area contributed by atoms with Crippen molar-refractivity contribution in [2.45, 2.75) is 13.3 Å². The van der Waals surface area contributed by atoms with Gasteiger partial charge in [0.1, 0.15) is 11.9 Å². The van der Waals surface area contributed by atoms with Crippen LogP contribution in [0.1, 0.15) is 12.5 Å². The van der Waals surface area contributed by atoms with E-state index in [0.717, 1.165) is 17.5 Å². The smallest absolute Gasteiger partial charge is 1.00 e. The molecule has 3 aromatic rings. The van der Waals surface area contributed by atoms with Gasteiger partial charge in [0.25, 0.3) is 0 Å². The standard InChI is InChI=1S/C17H14ClO.2ClH.Zr/c1-2-12-10-13-6-5-8-14(16(13)11-12)15-7-3-4-9-17(15)19-18;;;/h3-11H,2H2,1H3;2*1H;/q-1;;;+3/p-2. The quantitative estimate of drug-likeness (QED) is 0.500. The molecule has 0 fully saturated rings. The van der Waals surface area contributed by atoms with Gasteiger partial charge in [-0.05, 0) is 12.5 Å². The molecule has 3 rings (SSSR count). The number of aryl methyl sites for hydroxylation is 1. The van der Waals surface area contributed by atoms with Crippen LogP contribution in [0.3, 0.4) is 0 Å². The van der Waals surface area contributed by atoms with Crippen molar-refractivity contribution in [1.29, 1.82) is 0 Å². The Hall–Kier alpha value is -0.397. The maximum absolute atomic E-state index is 5.57. The van der Waals surface area contributed by atoms with Crippen LogP contribution in [-0.2, 0) is 32.6 Å². The number of rotatable bonds is 3. The summed E-state index contributed by atoms with van der Waals surface area (Å²) in [5, 5.41) is 2.51. The minimum Gasteiger partial charge on any atom is -1.00 e. The predicted molar refractivity (Wildman–Crippen MR) is 80.8 cm³/mol. The molecule has 0 amide bonds. The summed E-state index contributed by atoms with van der Waals surface area (Å²) >= 11 is 5.57. The summed E-state index contributed by atoms with van der Waals surface area (Å²) in [6, 6.07) is 18.6. The topological polar surface area (TPSA) is 9.23 Å². The van der Waals surface area contributed by atoms with Gasteiger partial charge in [0.05, 0.1) is 0 Å². The summed E-state index contributed by atoms with van der Waals surface area (Å²) in [6.07, 6.45) is 1.04. The molecule has 0 aliphatic carbocycles. The Morgan fingerprint density at radius 2 is 1.68 bits per heavy atom. The third-order valence-corrected chi connectivity index (χ3v) is 3.65. The summed E-state index contributed by atoms with van der Waals surface area (Å²) in [7, 11) is 0. The van der Waals surface area contributed by atoms with Crippen molar-refractivity contribution < 1.29 is 55.3 Å². The Balaban J connectivity index is 0.00000147. The van der Waals surface area contributed by atoms with E-state index >= 15 is 0 Å². The molecule has 5 heteroatoms. The Kier molecular flexibility index (Phi) is 9.50. The van der Waals surface area contributed by atoms with Crippen LogP contribution in [0.15, 0.2) is 54.6 Å². The van der Waals surface area contributed by atoms with Crippen LogP contribution in [0.25, 0.3) is 21.9 Å². The SMILES string of the molecule is CCc1cc2c(-c3ccccc3OCl)cccc2[cH-]1.[Cl-].[Cl-].[Zr+3]. The molecule has 0 saturated heterocycles. The zero-order chi connectivity index (χ0) is 13.2. The van der Waals surface area contributed by atoms with Gasteiger partial charge in [-0.2, -0.15) is 6.07 Å². The summed E-state index contributed by atoms with van der Waals surface area (Å²) < 4.78 is 4.95. The van der Waals surface area contributed by atoms with Crippen molar-refractivity contribution in [3.05, 3.63) is 60.2 Å². The van der Waals surface area contributed by atoms with Crippen LogP contribution in [0, 0.1) is 0 Å². The first kappa shape index (κ1) is 21.6. The molecule has 0 aliphatic heterocycles. The van der Waals surface area contributed by atoms with Crippen molar-refractivity contribution in [2.24, 2.45) is 0 Å². The molecule has 0 N–H and O–H groups in total. The van der Waals surface area contributed by atoms with Gasteiger partial charge in [0.15, 0.2) is 5.75 Å². The second-order valence-electron chi connectivity index (χ2n) is 4.60. The van der Waals surface area contributed by atoms with Gasteiger partial charge in [-0.1, -0.05) is 36.8 Å². The molecule has 0 bridgehead atoms. The van der Waals surface area contributed by atoms with E-state index in [-0.39, 0.29) is 51.0 Å². The van der Waals surface area contributed by atoms with Crippen molar-refractivity contribution in [3.8, 4) is 16.9 Å². The van der Waals surface area contributed by atoms with Crippen LogP contribution >= 0.6 is 11.9 Å². The molecule has 0 atom stereocenters. The van der Waals surface area contributed by atoms with Gasteiger partial charge in [0.2, 0.25) is 0 Å². The minimum absolute atomic E-state index is 0. The first-order valence-electron chi connectivity index (χ1n) is 6.40. The van der Waals surface area contributed by atoms with Crippen LogP contribution in [0.5, 0.6) is 5.75 Å². The van der Waals surface area contributed by atoms with Gasteiger partial charge in [-0.3, -0.25) is 0 Å². The van der Waals surface area contributed by atoms with E-state index in [0.29, 0.717) is 5.75 Å². The molecule has 113 valence electrons. The number of fused-ring (bicyclic) bond motifs is 1. The summed E-state index contributed by atoms with van der Waals surface area (Å²) in [4.78, 5) is 0. The number of halogens is 3. The molecule has 0 heterocycles. The molecule has 0 spiro atoms. The molecule has 3 aromatic carbocycles. The number of hydrogen-bond acceptors (Lipinski definition) is 1. The molecule has 0 saturated carbocycles. The van der Waals surface area contributed by atoms with E-state index in [1.165, 1.54) is 16.3 Å². The van der Waals surface area contributed by atoms with Crippen LogP contribution in [-0.4, -0.2) is 0 Å². The third-order valence-electron chi connectivity index (χ3n) is 3.48. The second-order valence-corrected chi connectivity index (χ2v) is 4.75. The average Bonchev–Trinajstić information content (AvgIpc) is 2.90.